The molecule has 0 spiro atoms. The second kappa shape index (κ2) is 8.54. The molecule has 0 N–H and O–H groups in total. The van der Waals surface area contributed by atoms with Crippen LogP contribution in [-0.2, 0) is 17.8 Å². The van der Waals surface area contributed by atoms with Crippen LogP contribution in [0, 0.1) is 0 Å². The fourth-order valence-electron chi connectivity index (χ4n) is 2.99. The summed E-state index contributed by atoms with van der Waals surface area (Å²) >= 11 is 3.12. The lowest BCUT2D eigenvalue weighted by molar-refractivity contribution is -0.118. The standard InChI is InChI=1S/C22H20N2O2S2/c1-2-26-18-11-6-12-19-21(18)23-22(28-19)24(15-16-8-4-3-5-9-16)20(25)14-17-10-7-13-27-17/h3-13H,2,14-15H2,1H3. The summed E-state index contributed by atoms with van der Waals surface area (Å²) in [5.41, 5.74) is 1.89. The molecule has 4 aromatic rings. The van der Waals surface area contributed by atoms with Crippen molar-refractivity contribution >= 4 is 43.9 Å². The molecule has 0 saturated heterocycles. The summed E-state index contributed by atoms with van der Waals surface area (Å²) in [6, 6.07) is 19.9. The van der Waals surface area contributed by atoms with Crippen molar-refractivity contribution in [2.45, 2.75) is 19.9 Å². The van der Waals surface area contributed by atoms with Crippen LogP contribution in [0.4, 0.5) is 5.13 Å². The van der Waals surface area contributed by atoms with Crippen LogP contribution in [0.3, 0.4) is 0 Å². The minimum absolute atomic E-state index is 0.0447. The number of benzene rings is 2. The molecule has 1 amide bonds. The van der Waals surface area contributed by atoms with E-state index >= 15 is 0 Å². The predicted molar refractivity (Wildman–Crippen MR) is 116 cm³/mol. The number of thiazole rings is 1. The number of anilines is 1. The Kier molecular flexibility index (Phi) is 5.69. The van der Waals surface area contributed by atoms with Crippen LogP contribution < -0.4 is 9.64 Å². The molecular weight excluding hydrogens is 388 g/mol. The van der Waals surface area contributed by atoms with Crippen molar-refractivity contribution in [3.05, 3.63) is 76.5 Å². The fourth-order valence-corrected chi connectivity index (χ4v) is 4.68. The molecule has 4 rings (SSSR count). The predicted octanol–water partition coefficient (Wildman–Crippen LogP) is 5.53. The number of aromatic nitrogens is 1. The highest BCUT2D eigenvalue weighted by Gasteiger charge is 2.22. The zero-order chi connectivity index (χ0) is 19.3. The van der Waals surface area contributed by atoms with Crippen molar-refractivity contribution in [3.8, 4) is 5.75 Å². The van der Waals surface area contributed by atoms with Crippen LogP contribution in [-0.4, -0.2) is 17.5 Å². The van der Waals surface area contributed by atoms with E-state index in [0.717, 1.165) is 26.4 Å². The van der Waals surface area contributed by atoms with Gasteiger partial charge >= 0.3 is 0 Å². The van der Waals surface area contributed by atoms with Crippen LogP contribution >= 0.6 is 22.7 Å². The number of nitrogens with zero attached hydrogens (tertiary/aromatic N) is 2. The monoisotopic (exact) mass is 408 g/mol. The van der Waals surface area contributed by atoms with E-state index in [4.69, 9.17) is 9.72 Å². The first-order valence-corrected chi connectivity index (χ1v) is 10.8. The fraction of sp³-hybridized carbons (Fsp3) is 0.182. The molecule has 0 fully saturated rings. The van der Waals surface area contributed by atoms with Gasteiger partial charge in [0.15, 0.2) is 5.13 Å². The Labute approximate surface area is 172 Å². The topological polar surface area (TPSA) is 42.4 Å². The van der Waals surface area contributed by atoms with Gasteiger partial charge in [-0.05, 0) is 36.1 Å². The van der Waals surface area contributed by atoms with Crippen LogP contribution in [0.15, 0.2) is 66.0 Å². The SMILES string of the molecule is CCOc1cccc2sc(N(Cc3ccccc3)C(=O)Cc3cccs3)nc12. The Morgan fingerprint density at radius 3 is 2.68 bits per heavy atom. The highest BCUT2D eigenvalue weighted by Crippen LogP contribution is 2.35. The molecule has 4 nitrogen and oxygen atoms in total. The molecule has 0 aliphatic heterocycles. The molecule has 0 atom stereocenters. The van der Waals surface area contributed by atoms with Gasteiger partial charge in [0.2, 0.25) is 5.91 Å². The lowest BCUT2D eigenvalue weighted by Crippen LogP contribution is -2.31. The summed E-state index contributed by atoms with van der Waals surface area (Å²) in [6.07, 6.45) is 0.374. The maximum atomic E-state index is 13.2. The van der Waals surface area contributed by atoms with Crippen LogP contribution in [0.25, 0.3) is 10.2 Å². The van der Waals surface area contributed by atoms with Crippen LogP contribution in [0.5, 0.6) is 5.75 Å². The van der Waals surface area contributed by atoms with Gasteiger partial charge in [0.1, 0.15) is 11.3 Å². The van der Waals surface area contributed by atoms with E-state index in [1.54, 1.807) is 16.2 Å². The molecule has 2 heterocycles. The van der Waals surface area contributed by atoms with E-state index in [9.17, 15) is 4.79 Å². The van der Waals surface area contributed by atoms with Gasteiger partial charge in [0.05, 0.1) is 24.3 Å². The molecule has 0 radical (unpaired) electrons. The van der Waals surface area contributed by atoms with Gasteiger partial charge < -0.3 is 4.74 Å². The largest absolute Gasteiger partial charge is 0.492 e. The number of rotatable bonds is 7. The summed E-state index contributed by atoms with van der Waals surface area (Å²) in [5, 5.41) is 2.70. The van der Waals surface area contributed by atoms with Gasteiger partial charge in [-0.3, -0.25) is 9.69 Å². The maximum absolute atomic E-state index is 13.2. The quantitative estimate of drug-likeness (QED) is 0.404. The number of thiophene rings is 1. The van der Waals surface area contributed by atoms with E-state index in [1.807, 2.05) is 73.0 Å². The van der Waals surface area contributed by atoms with Crippen LogP contribution in [0.1, 0.15) is 17.4 Å². The molecule has 0 unspecified atom stereocenters. The number of para-hydroxylation sites is 1. The Morgan fingerprint density at radius 2 is 1.93 bits per heavy atom. The van der Waals surface area contributed by atoms with E-state index in [-0.39, 0.29) is 5.91 Å². The molecular formula is C22H20N2O2S2. The highest BCUT2D eigenvalue weighted by molar-refractivity contribution is 7.22. The average Bonchev–Trinajstić information content (AvgIpc) is 3.37. The smallest absolute Gasteiger partial charge is 0.234 e. The second-order valence-electron chi connectivity index (χ2n) is 6.25. The van der Waals surface area contributed by atoms with Gasteiger partial charge in [0.25, 0.3) is 0 Å². The van der Waals surface area contributed by atoms with Gasteiger partial charge in [-0.1, -0.05) is 53.8 Å². The number of hydrogen-bond donors (Lipinski definition) is 0. The second-order valence-corrected chi connectivity index (χ2v) is 8.30. The third-order valence-electron chi connectivity index (χ3n) is 4.29. The lowest BCUT2D eigenvalue weighted by atomic mass is 10.2. The number of fused-ring (bicyclic) bond motifs is 1. The summed E-state index contributed by atoms with van der Waals surface area (Å²) in [6.45, 7) is 3.03. The summed E-state index contributed by atoms with van der Waals surface area (Å²) in [7, 11) is 0. The van der Waals surface area contributed by atoms with Crippen molar-refractivity contribution in [1.82, 2.24) is 4.98 Å². The molecule has 2 aromatic heterocycles. The lowest BCUT2D eigenvalue weighted by Gasteiger charge is -2.19. The molecule has 0 aliphatic rings. The zero-order valence-corrected chi connectivity index (χ0v) is 17.1. The summed E-state index contributed by atoms with van der Waals surface area (Å²) in [4.78, 5) is 20.8. The Balaban J connectivity index is 1.70. The van der Waals surface area contributed by atoms with E-state index < -0.39 is 0 Å². The molecule has 28 heavy (non-hydrogen) atoms. The Morgan fingerprint density at radius 1 is 1.07 bits per heavy atom. The molecule has 6 heteroatoms. The summed E-state index contributed by atoms with van der Waals surface area (Å²) < 4.78 is 6.74. The Hall–Kier alpha value is -2.70. The molecule has 0 bridgehead atoms. The Bertz CT molecular complexity index is 1060. The average molecular weight is 409 g/mol. The number of carbonyl (C=O) groups excluding carboxylic acids is 1. The zero-order valence-electron chi connectivity index (χ0n) is 15.5. The van der Waals surface area contributed by atoms with Gasteiger partial charge in [-0.25, -0.2) is 4.98 Å². The molecule has 142 valence electrons. The number of ether oxygens (including phenoxy) is 1. The third-order valence-corrected chi connectivity index (χ3v) is 6.21. The first-order chi connectivity index (χ1) is 13.7. The first-order valence-electron chi connectivity index (χ1n) is 9.13. The first kappa shape index (κ1) is 18.7. The van der Waals surface area contributed by atoms with E-state index in [1.165, 1.54) is 11.3 Å². The van der Waals surface area contributed by atoms with Gasteiger partial charge in [0, 0.05) is 4.88 Å². The number of hydrogen-bond acceptors (Lipinski definition) is 5. The van der Waals surface area contributed by atoms with Crippen molar-refractivity contribution in [1.29, 1.82) is 0 Å². The van der Waals surface area contributed by atoms with Crippen LogP contribution in [0.2, 0.25) is 0 Å². The summed E-state index contributed by atoms with van der Waals surface area (Å²) in [5.74, 6) is 0.802. The van der Waals surface area contributed by atoms with Gasteiger partial charge in [-0.2, -0.15) is 0 Å². The van der Waals surface area contributed by atoms with Gasteiger partial charge in [-0.15, -0.1) is 11.3 Å². The molecule has 0 saturated carbocycles. The minimum Gasteiger partial charge on any atom is -0.492 e. The van der Waals surface area contributed by atoms with Crippen molar-refractivity contribution < 1.29 is 9.53 Å². The minimum atomic E-state index is 0.0447. The number of amides is 1. The van der Waals surface area contributed by atoms with Crippen molar-refractivity contribution in [3.63, 3.8) is 0 Å². The van der Waals surface area contributed by atoms with Crippen molar-refractivity contribution in [2.24, 2.45) is 0 Å². The highest BCUT2D eigenvalue weighted by atomic mass is 32.1. The normalized spacial score (nSPS) is 10.9. The molecule has 0 aliphatic carbocycles. The van der Waals surface area contributed by atoms with E-state index in [0.29, 0.717) is 24.7 Å². The van der Waals surface area contributed by atoms with E-state index in [2.05, 4.69) is 0 Å². The molecule has 2 aromatic carbocycles. The maximum Gasteiger partial charge on any atom is 0.234 e. The number of carbonyl (C=O) groups is 1. The van der Waals surface area contributed by atoms with Crippen molar-refractivity contribution in [2.75, 3.05) is 11.5 Å². The third kappa shape index (κ3) is 4.08.